The highest BCUT2D eigenvalue weighted by Crippen LogP contribution is 2.24. The Labute approximate surface area is 103 Å². The Morgan fingerprint density at radius 2 is 2.00 bits per heavy atom. The quantitative estimate of drug-likeness (QED) is 0.795. The van der Waals surface area contributed by atoms with Gasteiger partial charge in [0, 0.05) is 13.2 Å². The Morgan fingerprint density at radius 3 is 2.53 bits per heavy atom. The molecule has 0 saturated heterocycles. The fraction of sp³-hybridized carbons (Fsp3) is 0.833. The zero-order valence-electron chi connectivity index (χ0n) is 11.4. The molecule has 0 spiro atoms. The van der Waals surface area contributed by atoms with Crippen LogP contribution < -0.4 is 5.32 Å². The molecule has 0 aromatic carbocycles. The summed E-state index contributed by atoms with van der Waals surface area (Å²) < 4.78 is 10.8. The summed E-state index contributed by atoms with van der Waals surface area (Å²) in [6.07, 6.45) is -0.0988. The molecular weight excluding hydrogens is 218 g/mol. The number of ether oxygens (including phenoxy) is 1. The lowest BCUT2D eigenvalue weighted by Crippen LogP contribution is -2.13. The van der Waals surface area contributed by atoms with Crippen molar-refractivity contribution < 1.29 is 9.26 Å². The minimum atomic E-state index is -0.0988. The van der Waals surface area contributed by atoms with Crippen molar-refractivity contribution in [2.24, 2.45) is 11.8 Å². The maximum Gasteiger partial charge on any atom is 0.321 e. The number of aromatic nitrogens is 2. The Balaban J connectivity index is 2.64. The summed E-state index contributed by atoms with van der Waals surface area (Å²) in [4.78, 5) is 4.31. The molecule has 1 aromatic rings. The van der Waals surface area contributed by atoms with E-state index in [1.807, 2.05) is 6.92 Å². The summed E-state index contributed by atoms with van der Waals surface area (Å²) in [6.45, 7) is 11.8. The summed E-state index contributed by atoms with van der Waals surface area (Å²) >= 11 is 0. The maximum atomic E-state index is 5.62. The zero-order valence-corrected chi connectivity index (χ0v) is 11.4. The normalized spacial score (nSPS) is 13.4. The van der Waals surface area contributed by atoms with Crippen molar-refractivity contribution in [1.29, 1.82) is 0 Å². The van der Waals surface area contributed by atoms with Crippen LogP contribution in [-0.2, 0) is 4.74 Å². The number of anilines is 1. The van der Waals surface area contributed by atoms with Crippen LogP contribution >= 0.6 is 0 Å². The smallest absolute Gasteiger partial charge is 0.321 e. The van der Waals surface area contributed by atoms with Gasteiger partial charge in [-0.15, -0.1) is 0 Å². The average molecular weight is 241 g/mol. The van der Waals surface area contributed by atoms with Gasteiger partial charge in [0.05, 0.1) is 0 Å². The lowest BCUT2D eigenvalue weighted by molar-refractivity contribution is 0.0217. The third kappa shape index (κ3) is 4.34. The molecule has 0 aliphatic rings. The molecule has 0 aliphatic carbocycles. The third-order valence-electron chi connectivity index (χ3n) is 2.31. The lowest BCUT2D eigenvalue weighted by atomic mass is 10.1. The van der Waals surface area contributed by atoms with Gasteiger partial charge in [-0.3, -0.25) is 0 Å². The van der Waals surface area contributed by atoms with Crippen LogP contribution in [-0.4, -0.2) is 23.3 Å². The van der Waals surface area contributed by atoms with E-state index in [0.717, 1.165) is 6.54 Å². The summed E-state index contributed by atoms with van der Waals surface area (Å²) in [7, 11) is 0. The summed E-state index contributed by atoms with van der Waals surface area (Å²) in [5.74, 6) is 1.48. The van der Waals surface area contributed by atoms with Crippen molar-refractivity contribution in [1.82, 2.24) is 10.1 Å². The fourth-order valence-corrected chi connectivity index (χ4v) is 1.46. The van der Waals surface area contributed by atoms with E-state index in [2.05, 4.69) is 43.2 Å². The molecule has 1 heterocycles. The molecule has 1 rings (SSSR count). The Morgan fingerprint density at radius 1 is 1.29 bits per heavy atom. The number of hydrogen-bond acceptors (Lipinski definition) is 5. The van der Waals surface area contributed by atoms with E-state index in [0.29, 0.717) is 30.3 Å². The Hall–Kier alpha value is -1.10. The minimum absolute atomic E-state index is 0.0988. The second-order valence-corrected chi connectivity index (χ2v) is 4.85. The highest BCUT2D eigenvalue weighted by Gasteiger charge is 2.22. The first kappa shape index (κ1) is 14.0. The van der Waals surface area contributed by atoms with Gasteiger partial charge in [-0.1, -0.05) is 32.9 Å². The molecule has 17 heavy (non-hydrogen) atoms. The molecule has 0 bridgehead atoms. The molecule has 0 aliphatic heterocycles. The van der Waals surface area contributed by atoms with E-state index in [1.165, 1.54) is 0 Å². The SMILES string of the molecule is CCOC(c1noc(NCC(C)C)n1)C(C)C. The molecule has 98 valence electrons. The molecular formula is C12H23N3O2. The number of nitrogens with one attached hydrogen (secondary N) is 1. The van der Waals surface area contributed by atoms with Crippen LogP contribution in [0.2, 0.25) is 0 Å². The number of nitrogens with zero attached hydrogens (tertiary/aromatic N) is 2. The molecule has 0 fully saturated rings. The van der Waals surface area contributed by atoms with Gasteiger partial charge in [0.1, 0.15) is 6.10 Å². The van der Waals surface area contributed by atoms with Gasteiger partial charge in [-0.2, -0.15) is 4.98 Å². The van der Waals surface area contributed by atoms with Crippen LogP contribution in [0.25, 0.3) is 0 Å². The highest BCUT2D eigenvalue weighted by atomic mass is 16.5. The van der Waals surface area contributed by atoms with Gasteiger partial charge in [0.15, 0.2) is 0 Å². The van der Waals surface area contributed by atoms with Gasteiger partial charge in [0.2, 0.25) is 5.82 Å². The predicted molar refractivity (Wildman–Crippen MR) is 66.8 cm³/mol. The first-order valence-electron chi connectivity index (χ1n) is 6.23. The van der Waals surface area contributed by atoms with E-state index in [9.17, 15) is 0 Å². The Bertz CT molecular complexity index is 323. The predicted octanol–water partition coefficient (Wildman–Crippen LogP) is 2.87. The van der Waals surface area contributed by atoms with Crippen molar-refractivity contribution in [2.45, 2.75) is 40.7 Å². The van der Waals surface area contributed by atoms with Gasteiger partial charge in [0.25, 0.3) is 0 Å². The molecule has 1 unspecified atom stereocenters. The van der Waals surface area contributed by atoms with Crippen LogP contribution in [0, 0.1) is 11.8 Å². The molecule has 0 amide bonds. The summed E-state index contributed by atoms with van der Waals surface area (Å²) in [5, 5.41) is 7.07. The molecule has 1 atom stereocenters. The van der Waals surface area contributed by atoms with E-state index in [-0.39, 0.29) is 6.10 Å². The second kappa shape index (κ2) is 6.59. The maximum absolute atomic E-state index is 5.62. The fourth-order valence-electron chi connectivity index (χ4n) is 1.46. The molecule has 1 aromatic heterocycles. The van der Waals surface area contributed by atoms with Crippen LogP contribution in [0.4, 0.5) is 6.01 Å². The first-order valence-corrected chi connectivity index (χ1v) is 6.23. The van der Waals surface area contributed by atoms with Gasteiger partial charge in [-0.25, -0.2) is 0 Å². The zero-order chi connectivity index (χ0) is 12.8. The van der Waals surface area contributed by atoms with Crippen molar-refractivity contribution in [3.63, 3.8) is 0 Å². The average Bonchev–Trinajstić information content (AvgIpc) is 2.71. The van der Waals surface area contributed by atoms with Crippen LogP contribution in [0.5, 0.6) is 0 Å². The molecule has 1 N–H and O–H groups in total. The lowest BCUT2D eigenvalue weighted by Gasteiger charge is -2.16. The second-order valence-electron chi connectivity index (χ2n) is 4.85. The first-order chi connectivity index (χ1) is 8.04. The standard InChI is InChI=1S/C12H23N3O2/c1-6-16-10(9(4)5)11-14-12(17-15-11)13-7-8(2)3/h8-10H,6-7H2,1-5H3,(H,13,14,15). The molecule has 5 nitrogen and oxygen atoms in total. The van der Waals surface area contributed by atoms with E-state index >= 15 is 0 Å². The Kier molecular flexibility index (Phi) is 5.41. The van der Waals surface area contributed by atoms with E-state index < -0.39 is 0 Å². The van der Waals surface area contributed by atoms with Gasteiger partial charge < -0.3 is 14.6 Å². The van der Waals surface area contributed by atoms with E-state index in [4.69, 9.17) is 9.26 Å². The van der Waals surface area contributed by atoms with Crippen molar-refractivity contribution in [3.05, 3.63) is 5.82 Å². The van der Waals surface area contributed by atoms with Crippen LogP contribution in [0.1, 0.15) is 46.5 Å². The van der Waals surface area contributed by atoms with Gasteiger partial charge >= 0.3 is 6.01 Å². The van der Waals surface area contributed by atoms with Crippen molar-refractivity contribution in [3.8, 4) is 0 Å². The van der Waals surface area contributed by atoms with Crippen LogP contribution in [0.3, 0.4) is 0 Å². The summed E-state index contributed by atoms with van der Waals surface area (Å²) in [6, 6.07) is 0.471. The van der Waals surface area contributed by atoms with E-state index in [1.54, 1.807) is 0 Å². The topological polar surface area (TPSA) is 60.2 Å². The van der Waals surface area contributed by atoms with Gasteiger partial charge in [-0.05, 0) is 18.8 Å². The monoisotopic (exact) mass is 241 g/mol. The molecule has 0 radical (unpaired) electrons. The molecule has 5 heteroatoms. The number of rotatable bonds is 7. The largest absolute Gasteiger partial charge is 0.370 e. The minimum Gasteiger partial charge on any atom is -0.370 e. The van der Waals surface area contributed by atoms with Crippen LogP contribution in [0.15, 0.2) is 4.52 Å². The van der Waals surface area contributed by atoms with Crippen molar-refractivity contribution in [2.75, 3.05) is 18.5 Å². The third-order valence-corrected chi connectivity index (χ3v) is 2.31. The summed E-state index contributed by atoms with van der Waals surface area (Å²) in [5.41, 5.74) is 0. The van der Waals surface area contributed by atoms with Crippen molar-refractivity contribution >= 4 is 6.01 Å². The highest BCUT2D eigenvalue weighted by molar-refractivity contribution is 5.18. The molecule has 0 saturated carbocycles. The number of hydrogen-bond donors (Lipinski definition) is 1.